The third kappa shape index (κ3) is 4.20. The number of benzene rings is 1. The number of methoxy groups -OCH3 is 1. The van der Waals surface area contributed by atoms with Gasteiger partial charge in [0, 0.05) is 12.5 Å². The van der Waals surface area contributed by atoms with E-state index in [1.54, 1.807) is 7.11 Å². The van der Waals surface area contributed by atoms with Crippen LogP contribution in [-0.2, 0) is 0 Å². The zero-order chi connectivity index (χ0) is 17.7. The Balaban J connectivity index is 2.31. The molecule has 1 aliphatic carbocycles. The van der Waals surface area contributed by atoms with Crippen LogP contribution >= 0.6 is 0 Å². The van der Waals surface area contributed by atoms with Gasteiger partial charge in [0.2, 0.25) is 0 Å². The van der Waals surface area contributed by atoms with Crippen LogP contribution in [0.25, 0.3) is 6.08 Å². The Labute approximate surface area is 147 Å². The number of rotatable bonds is 7. The summed E-state index contributed by atoms with van der Waals surface area (Å²) < 4.78 is 5.23. The lowest BCUT2D eigenvalue weighted by atomic mass is 9.71. The summed E-state index contributed by atoms with van der Waals surface area (Å²) in [5.74, 6) is 1.42. The van der Waals surface area contributed by atoms with Gasteiger partial charge in [-0.25, -0.2) is 0 Å². The molecule has 0 radical (unpaired) electrons. The first-order chi connectivity index (χ1) is 11.4. The SMILES string of the molecule is COc1ccc(C=C(C)C(O)(C(C)CN(C)C)C2CCCC2)cc1. The summed E-state index contributed by atoms with van der Waals surface area (Å²) in [6.45, 7) is 5.17. The standard InChI is InChI=1S/C21H33NO2/c1-16(14-18-10-12-20(24-5)13-11-18)21(23,17(2)15-22(3)4)19-8-6-7-9-19/h10-14,17,19,23H,6-9,15H2,1-5H3. The molecular formula is C21H33NO2. The van der Waals surface area contributed by atoms with E-state index in [2.05, 4.69) is 38.9 Å². The quantitative estimate of drug-likeness (QED) is 0.812. The maximum absolute atomic E-state index is 11.7. The molecule has 0 bridgehead atoms. The minimum absolute atomic E-state index is 0.199. The zero-order valence-corrected chi connectivity index (χ0v) is 15.9. The molecule has 3 nitrogen and oxygen atoms in total. The molecule has 24 heavy (non-hydrogen) atoms. The van der Waals surface area contributed by atoms with Crippen LogP contribution in [-0.4, -0.2) is 43.4 Å². The molecule has 0 amide bonds. The molecule has 2 atom stereocenters. The van der Waals surface area contributed by atoms with Crippen molar-refractivity contribution in [2.75, 3.05) is 27.7 Å². The fourth-order valence-electron chi connectivity index (χ4n) is 4.23. The third-order valence-corrected chi connectivity index (χ3v) is 5.50. The van der Waals surface area contributed by atoms with Crippen LogP contribution in [0.15, 0.2) is 29.8 Å². The molecule has 1 saturated carbocycles. The Kier molecular flexibility index (Phi) is 6.47. The molecule has 3 heteroatoms. The van der Waals surface area contributed by atoms with Crippen molar-refractivity contribution in [1.29, 1.82) is 0 Å². The summed E-state index contributed by atoms with van der Waals surface area (Å²) in [6, 6.07) is 8.04. The molecule has 0 aliphatic heterocycles. The van der Waals surface area contributed by atoms with Crippen LogP contribution < -0.4 is 4.74 Å². The lowest BCUT2D eigenvalue weighted by molar-refractivity contribution is -0.0350. The first kappa shape index (κ1) is 19.0. The fraction of sp³-hybridized carbons (Fsp3) is 0.619. The lowest BCUT2D eigenvalue weighted by Crippen LogP contribution is -2.47. The van der Waals surface area contributed by atoms with Gasteiger partial charge in [0.05, 0.1) is 12.7 Å². The van der Waals surface area contributed by atoms with Gasteiger partial charge in [-0.3, -0.25) is 0 Å². The van der Waals surface area contributed by atoms with Gasteiger partial charge in [-0.05, 0) is 63.0 Å². The van der Waals surface area contributed by atoms with Gasteiger partial charge in [0.15, 0.2) is 0 Å². The zero-order valence-electron chi connectivity index (χ0n) is 15.9. The van der Waals surface area contributed by atoms with Gasteiger partial charge in [-0.1, -0.05) is 38.0 Å². The normalized spacial score (nSPS) is 20.2. The summed E-state index contributed by atoms with van der Waals surface area (Å²) in [4.78, 5) is 2.17. The Morgan fingerprint density at radius 1 is 1.29 bits per heavy atom. The topological polar surface area (TPSA) is 32.7 Å². The highest BCUT2D eigenvalue weighted by Crippen LogP contribution is 2.43. The van der Waals surface area contributed by atoms with E-state index in [-0.39, 0.29) is 5.92 Å². The summed E-state index contributed by atoms with van der Waals surface area (Å²) in [6.07, 6.45) is 6.86. The van der Waals surface area contributed by atoms with Crippen molar-refractivity contribution in [2.45, 2.75) is 45.1 Å². The predicted octanol–water partition coefficient (Wildman–Crippen LogP) is 4.22. The van der Waals surface area contributed by atoms with Crippen molar-refractivity contribution in [2.24, 2.45) is 11.8 Å². The molecule has 1 aliphatic rings. The minimum Gasteiger partial charge on any atom is -0.497 e. The van der Waals surface area contributed by atoms with Crippen molar-refractivity contribution in [1.82, 2.24) is 4.90 Å². The lowest BCUT2D eigenvalue weighted by Gasteiger charge is -2.41. The second-order valence-electron chi connectivity index (χ2n) is 7.57. The Morgan fingerprint density at radius 2 is 1.88 bits per heavy atom. The second kappa shape index (κ2) is 8.17. The summed E-state index contributed by atoms with van der Waals surface area (Å²) in [7, 11) is 5.83. The van der Waals surface area contributed by atoms with Crippen LogP contribution in [0.5, 0.6) is 5.75 Å². The molecule has 0 spiro atoms. The van der Waals surface area contributed by atoms with E-state index in [4.69, 9.17) is 4.74 Å². The van der Waals surface area contributed by atoms with Crippen LogP contribution in [0.1, 0.15) is 45.1 Å². The summed E-state index contributed by atoms with van der Waals surface area (Å²) >= 11 is 0. The van der Waals surface area contributed by atoms with E-state index in [0.717, 1.165) is 36.3 Å². The van der Waals surface area contributed by atoms with Gasteiger partial charge in [0.1, 0.15) is 5.75 Å². The number of hydrogen-bond donors (Lipinski definition) is 1. The molecule has 1 aromatic rings. The van der Waals surface area contributed by atoms with Gasteiger partial charge in [-0.15, -0.1) is 0 Å². The maximum atomic E-state index is 11.7. The number of nitrogens with zero attached hydrogens (tertiary/aromatic N) is 1. The van der Waals surface area contributed by atoms with E-state index in [1.807, 2.05) is 24.3 Å². The van der Waals surface area contributed by atoms with Gasteiger partial charge < -0.3 is 14.7 Å². The maximum Gasteiger partial charge on any atom is 0.118 e. The molecule has 2 rings (SSSR count). The summed E-state index contributed by atoms with van der Waals surface area (Å²) in [5, 5.41) is 11.7. The predicted molar refractivity (Wildman–Crippen MR) is 101 cm³/mol. The molecular weight excluding hydrogens is 298 g/mol. The third-order valence-electron chi connectivity index (χ3n) is 5.50. The smallest absolute Gasteiger partial charge is 0.118 e. The van der Waals surface area contributed by atoms with E-state index in [9.17, 15) is 5.11 Å². The molecule has 1 aromatic carbocycles. The van der Waals surface area contributed by atoms with Gasteiger partial charge in [0.25, 0.3) is 0 Å². The van der Waals surface area contributed by atoms with Crippen molar-refractivity contribution >= 4 is 6.08 Å². The van der Waals surface area contributed by atoms with Crippen molar-refractivity contribution < 1.29 is 9.84 Å². The molecule has 1 fully saturated rings. The Hall–Kier alpha value is -1.32. The van der Waals surface area contributed by atoms with Gasteiger partial charge in [-0.2, -0.15) is 0 Å². The molecule has 0 aromatic heterocycles. The Bertz CT molecular complexity index is 543. The average Bonchev–Trinajstić information content (AvgIpc) is 3.08. The molecule has 0 heterocycles. The van der Waals surface area contributed by atoms with E-state index < -0.39 is 5.60 Å². The first-order valence-electron chi connectivity index (χ1n) is 9.07. The second-order valence-corrected chi connectivity index (χ2v) is 7.57. The van der Waals surface area contributed by atoms with E-state index in [0.29, 0.717) is 5.92 Å². The van der Waals surface area contributed by atoms with Gasteiger partial charge >= 0.3 is 0 Å². The minimum atomic E-state index is -0.735. The summed E-state index contributed by atoms with van der Waals surface area (Å²) in [5.41, 5.74) is 1.46. The van der Waals surface area contributed by atoms with Crippen LogP contribution in [0.2, 0.25) is 0 Å². The van der Waals surface area contributed by atoms with Crippen LogP contribution in [0.4, 0.5) is 0 Å². The van der Waals surface area contributed by atoms with Crippen LogP contribution in [0, 0.1) is 11.8 Å². The highest BCUT2D eigenvalue weighted by atomic mass is 16.5. The number of ether oxygens (including phenoxy) is 1. The molecule has 0 saturated heterocycles. The number of hydrogen-bond acceptors (Lipinski definition) is 3. The largest absolute Gasteiger partial charge is 0.497 e. The molecule has 2 unspecified atom stereocenters. The number of aliphatic hydroxyl groups is 1. The average molecular weight is 332 g/mol. The van der Waals surface area contributed by atoms with E-state index in [1.165, 1.54) is 12.8 Å². The highest BCUT2D eigenvalue weighted by Gasteiger charge is 2.44. The van der Waals surface area contributed by atoms with Crippen molar-refractivity contribution in [3.05, 3.63) is 35.4 Å². The fourth-order valence-corrected chi connectivity index (χ4v) is 4.23. The highest BCUT2D eigenvalue weighted by molar-refractivity contribution is 5.56. The van der Waals surface area contributed by atoms with Crippen LogP contribution in [0.3, 0.4) is 0 Å². The van der Waals surface area contributed by atoms with Crippen molar-refractivity contribution in [3.63, 3.8) is 0 Å². The first-order valence-corrected chi connectivity index (χ1v) is 9.07. The monoisotopic (exact) mass is 331 g/mol. The molecule has 134 valence electrons. The Morgan fingerprint density at radius 3 is 2.38 bits per heavy atom. The molecule has 1 N–H and O–H groups in total. The van der Waals surface area contributed by atoms with E-state index >= 15 is 0 Å². The van der Waals surface area contributed by atoms with Crippen molar-refractivity contribution in [3.8, 4) is 5.75 Å².